The minimum atomic E-state index is 0.0240. The second-order valence-corrected chi connectivity index (χ2v) is 6.81. The molecule has 0 radical (unpaired) electrons. The molecule has 0 heterocycles. The molecular weight excluding hydrogens is 331 g/mol. The fourth-order valence-corrected chi connectivity index (χ4v) is 3.33. The van der Waals surface area contributed by atoms with Crippen LogP contribution >= 0.6 is 23.2 Å². The third kappa shape index (κ3) is 4.18. The van der Waals surface area contributed by atoms with Gasteiger partial charge in [0.1, 0.15) is 0 Å². The van der Waals surface area contributed by atoms with Crippen LogP contribution in [0.15, 0.2) is 42.5 Å². The molecule has 1 aliphatic rings. The van der Waals surface area contributed by atoms with Crippen LogP contribution in [0.1, 0.15) is 23.5 Å². The Kier molecular flexibility index (Phi) is 4.79. The van der Waals surface area contributed by atoms with Gasteiger partial charge in [-0.05, 0) is 60.2 Å². The van der Waals surface area contributed by atoms with Crippen LogP contribution in [-0.2, 0) is 11.2 Å². The number of carbonyl (C=O) groups excluding carboxylic acids is 1. The number of carbonyl (C=O) groups is 1. The van der Waals surface area contributed by atoms with Gasteiger partial charge in [0.2, 0.25) is 5.91 Å². The van der Waals surface area contributed by atoms with Gasteiger partial charge in [0, 0.05) is 28.2 Å². The second kappa shape index (κ2) is 6.81. The van der Waals surface area contributed by atoms with Gasteiger partial charge in [0.05, 0.1) is 0 Å². The van der Waals surface area contributed by atoms with E-state index < -0.39 is 0 Å². The zero-order valence-corrected chi connectivity index (χ0v) is 14.1. The van der Waals surface area contributed by atoms with Gasteiger partial charge in [0.15, 0.2) is 0 Å². The Hall–Kier alpha value is -1.71. The Labute approximate surface area is 145 Å². The molecule has 0 aliphatic heterocycles. The maximum absolute atomic E-state index is 12.2. The number of nitrogens with one attached hydrogen (secondary N) is 1. The number of rotatable bonds is 5. The molecule has 1 saturated carbocycles. The predicted octanol–water partition coefficient (Wildman–Crippen LogP) is 4.04. The highest BCUT2D eigenvalue weighted by Gasteiger charge is 2.43. The Morgan fingerprint density at radius 1 is 1.13 bits per heavy atom. The lowest BCUT2D eigenvalue weighted by atomic mass is 10.1. The SMILES string of the molecule is Nc1ccc(CCNC(=O)C2CC2c2cc(Cl)cc(Cl)c2)cc1. The summed E-state index contributed by atoms with van der Waals surface area (Å²) < 4.78 is 0. The molecule has 2 atom stereocenters. The van der Waals surface area contributed by atoms with Crippen LogP contribution in [0.4, 0.5) is 5.69 Å². The first-order valence-electron chi connectivity index (χ1n) is 7.61. The third-order valence-electron chi connectivity index (χ3n) is 4.13. The normalized spacial score (nSPS) is 19.4. The van der Waals surface area contributed by atoms with E-state index in [1.165, 1.54) is 0 Å². The summed E-state index contributed by atoms with van der Waals surface area (Å²) in [5, 5.41) is 4.23. The Bertz CT molecular complexity index is 695. The van der Waals surface area contributed by atoms with Crippen LogP contribution in [0.3, 0.4) is 0 Å². The summed E-state index contributed by atoms with van der Waals surface area (Å²) in [6.45, 7) is 0.627. The van der Waals surface area contributed by atoms with E-state index in [0.717, 1.165) is 29.7 Å². The van der Waals surface area contributed by atoms with Crippen molar-refractivity contribution in [3.05, 3.63) is 63.6 Å². The van der Waals surface area contributed by atoms with E-state index in [-0.39, 0.29) is 17.7 Å². The highest BCUT2D eigenvalue weighted by molar-refractivity contribution is 6.34. The monoisotopic (exact) mass is 348 g/mol. The van der Waals surface area contributed by atoms with E-state index in [1.807, 2.05) is 36.4 Å². The number of nitrogens with two attached hydrogens (primary N) is 1. The van der Waals surface area contributed by atoms with Gasteiger partial charge in [-0.1, -0.05) is 35.3 Å². The number of anilines is 1. The van der Waals surface area contributed by atoms with Crippen LogP contribution in [0, 0.1) is 5.92 Å². The molecule has 23 heavy (non-hydrogen) atoms. The quantitative estimate of drug-likeness (QED) is 0.801. The molecule has 3 N–H and O–H groups in total. The average Bonchev–Trinajstić information content (AvgIpc) is 3.29. The van der Waals surface area contributed by atoms with Crippen molar-refractivity contribution in [2.45, 2.75) is 18.8 Å². The van der Waals surface area contributed by atoms with Crippen molar-refractivity contribution in [1.82, 2.24) is 5.32 Å². The molecule has 2 aromatic rings. The maximum atomic E-state index is 12.2. The number of benzene rings is 2. The minimum absolute atomic E-state index is 0.0240. The molecule has 0 saturated heterocycles. The summed E-state index contributed by atoms with van der Waals surface area (Å²) in [4.78, 5) is 12.2. The molecule has 120 valence electrons. The van der Waals surface area contributed by atoms with Crippen LogP contribution in [-0.4, -0.2) is 12.5 Å². The number of halogens is 2. The first kappa shape index (κ1) is 16.2. The maximum Gasteiger partial charge on any atom is 0.223 e. The minimum Gasteiger partial charge on any atom is -0.399 e. The summed E-state index contributed by atoms with van der Waals surface area (Å²) in [5.41, 5.74) is 8.61. The Balaban J connectivity index is 1.49. The second-order valence-electron chi connectivity index (χ2n) is 5.93. The van der Waals surface area contributed by atoms with Crippen LogP contribution in [0.25, 0.3) is 0 Å². The fourth-order valence-electron chi connectivity index (χ4n) is 2.79. The fraction of sp³-hybridized carbons (Fsp3) is 0.278. The molecule has 2 unspecified atom stereocenters. The Morgan fingerprint density at radius 3 is 2.43 bits per heavy atom. The van der Waals surface area contributed by atoms with E-state index in [2.05, 4.69) is 5.32 Å². The average molecular weight is 349 g/mol. The van der Waals surface area contributed by atoms with Crippen molar-refractivity contribution in [1.29, 1.82) is 0 Å². The van der Waals surface area contributed by atoms with Gasteiger partial charge in [-0.25, -0.2) is 0 Å². The molecule has 3 nitrogen and oxygen atoms in total. The molecular formula is C18H18Cl2N2O. The Morgan fingerprint density at radius 2 is 1.78 bits per heavy atom. The van der Waals surface area contributed by atoms with Crippen molar-refractivity contribution in [3.8, 4) is 0 Å². The lowest BCUT2D eigenvalue weighted by Gasteiger charge is -2.06. The third-order valence-corrected chi connectivity index (χ3v) is 4.57. The molecule has 5 heteroatoms. The van der Waals surface area contributed by atoms with E-state index in [1.54, 1.807) is 6.07 Å². The summed E-state index contributed by atoms with van der Waals surface area (Å²) in [7, 11) is 0. The summed E-state index contributed by atoms with van der Waals surface area (Å²) in [5.74, 6) is 0.347. The van der Waals surface area contributed by atoms with Crippen LogP contribution in [0.5, 0.6) is 0 Å². The lowest BCUT2D eigenvalue weighted by molar-refractivity contribution is -0.122. The van der Waals surface area contributed by atoms with Gasteiger partial charge >= 0.3 is 0 Å². The number of hydrogen-bond donors (Lipinski definition) is 2. The molecule has 0 spiro atoms. The zero-order chi connectivity index (χ0) is 16.4. The number of amides is 1. The summed E-state index contributed by atoms with van der Waals surface area (Å²) in [6, 6.07) is 13.2. The van der Waals surface area contributed by atoms with Gasteiger partial charge < -0.3 is 11.1 Å². The zero-order valence-electron chi connectivity index (χ0n) is 12.6. The van der Waals surface area contributed by atoms with E-state index in [4.69, 9.17) is 28.9 Å². The molecule has 1 fully saturated rings. The molecule has 1 aliphatic carbocycles. The molecule has 0 aromatic heterocycles. The van der Waals surface area contributed by atoms with E-state index >= 15 is 0 Å². The first-order valence-corrected chi connectivity index (χ1v) is 8.36. The summed E-state index contributed by atoms with van der Waals surface area (Å²) in [6.07, 6.45) is 1.65. The van der Waals surface area contributed by atoms with Crippen LogP contribution < -0.4 is 11.1 Å². The van der Waals surface area contributed by atoms with Crippen molar-refractivity contribution in [3.63, 3.8) is 0 Å². The summed E-state index contributed by atoms with van der Waals surface area (Å²) >= 11 is 12.0. The molecule has 2 aromatic carbocycles. The van der Waals surface area contributed by atoms with Gasteiger partial charge in [-0.3, -0.25) is 4.79 Å². The molecule has 0 bridgehead atoms. The van der Waals surface area contributed by atoms with Crippen molar-refractivity contribution < 1.29 is 4.79 Å². The van der Waals surface area contributed by atoms with Gasteiger partial charge in [-0.2, -0.15) is 0 Å². The smallest absolute Gasteiger partial charge is 0.223 e. The van der Waals surface area contributed by atoms with Gasteiger partial charge in [-0.15, -0.1) is 0 Å². The lowest BCUT2D eigenvalue weighted by Crippen LogP contribution is -2.27. The number of hydrogen-bond acceptors (Lipinski definition) is 2. The predicted molar refractivity (Wildman–Crippen MR) is 94.9 cm³/mol. The first-order chi connectivity index (χ1) is 11.0. The highest BCUT2D eigenvalue weighted by atomic mass is 35.5. The van der Waals surface area contributed by atoms with Crippen molar-refractivity contribution >= 4 is 34.8 Å². The highest BCUT2D eigenvalue weighted by Crippen LogP contribution is 2.48. The van der Waals surface area contributed by atoms with E-state index in [0.29, 0.717) is 16.6 Å². The van der Waals surface area contributed by atoms with Gasteiger partial charge in [0.25, 0.3) is 0 Å². The van der Waals surface area contributed by atoms with Crippen molar-refractivity contribution in [2.75, 3.05) is 12.3 Å². The van der Waals surface area contributed by atoms with Crippen LogP contribution in [0.2, 0.25) is 10.0 Å². The topological polar surface area (TPSA) is 55.1 Å². The molecule has 3 rings (SSSR count). The number of nitrogen functional groups attached to an aromatic ring is 1. The van der Waals surface area contributed by atoms with Crippen molar-refractivity contribution in [2.24, 2.45) is 5.92 Å². The standard InChI is InChI=1S/C18H18Cl2N2O/c19-13-7-12(8-14(20)9-13)16-10-17(16)18(23)22-6-5-11-1-3-15(21)4-2-11/h1-4,7-9,16-17H,5-6,10,21H2,(H,22,23). The van der Waals surface area contributed by atoms with E-state index in [9.17, 15) is 4.79 Å². The molecule has 1 amide bonds. The largest absolute Gasteiger partial charge is 0.399 e.